The molecule has 2 atom stereocenters. The molecule has 1 aliphatic carbocycles. The van der Waals surface area contributed by atoms with Crippen LogP contribution in [0.1, 0.15) is 55.9 Å². The lowest BCUT2D eigenvalue weighted by Gasteiger charge is -2.23. The molecule has 2 unspecified atom stereocenters. The van der Waals surface area contributed by atoms with Crippen molar-refractivity contribution in [2.45, 2.75) is 66.8 Å². The Balaban J connectivity index is 2.16. The second-order valence-electron chi connectivity index (χ2n) is 7.44. The lowest BCUT2D eigenvalue weighted by atomic mass is 9.91. The zero-order valence-corrected chi connectivity index (χ0v) is 14.1. The molecule has 0 bridgehead atoms. The zero-order chi connectivity index (χ0) is 14.9. The Morgan fingerprint density at radius 2 is 1.75 bits per heavy atom. The first-order valence-corrected chi connectivity index (χ1v) is 8.15. The number of hydrogen-bond acceptors (Lipinski definition) is 1. The third-order valence-corrected chi connectivity index (χ3v) is 5.00. The van der Waals surface area contributed by atoms with E-state index in [1.165, 1.54) is 36.0 Å². The molecule has 0 spiro atoms. The standard InChI is InChI=1S/C19H31N/c1-7-8-20-18(17-12-19(17,5)6)11-16-14(3)9-13(2)10-15(16)4/h9-10,17-18,20H,7-8,11-12H2,1-6H3. The summed E-state index contributed by atoms with van der Waals surface area (Å²) in [5.41, 5.74) is 6.41. The molecule has 0 aliphatic heterocycles. The third-order valence-electron chi connectivity index (χ3n) is 5.00. The van der Waals surface area contributed by atoms with E-state index in [-0.39, 0.29) is 0 Å². The van der Waals surface area contributed by atoms with Crippen molar-refractivity contribution in [2.24, 2.45) is 11.3 Å². The van der Waals surface area contributed by atoms with E-state index in [9.17, 15) is 0 Å². The summed E-state index contributed by atoms with van der Waals surface area (Å²) < 4.78 is 0. The largest absolute Gasteiger partial charge is 0.313 e. The van der Waals surface area contributed by atoms with Gasteiger partial charge in [0, 0.05) is 6.04 Å². The molecule has 112 valence electrons. The lowest BCUT2D eigenvalue weighted by Crippen LogP contribution is -2.35. The van der Waals surface area contributed by atoms with Crippen LogP contribution in [0.5, 0.6) is 0 Å². The molecule has 0 heterocycles. The highest BCUT2D eigenvalue weighted by molar-refractivity contribution is 5.38. The van der Waals surface area contributed by atoms with Crippen LogP contribution in [-0.2, 0) is 6.42 Å². The lowest BCUT2D eigenvalue weighted by molar-refractivity contribution is 0.401. The quantitative estimate of drug-likeness (QED) is 0.800. The highest BCUT2D eigenvalue weighted by Crippen LogP contribution is 2.54. The normalized spacial score (nSPS) is 21.8. The number of rotatable bonds is 6. The summed E-state index contributed by atoms with van der Waals surface area (Å²) >= 11 is 0. The van der Waals surface area contributed by atoms with E-state index in [0.717, 1.165) is 12.5 Å². The molecular weight excluding hydrogens is 242 g/mol. The predicted molar refractivity (Wildman–Crippen MR) is 88.3 cm³/mol. The molecule has 1 saturated carbocycles. The molecule has 2 rings (SSSR count). The van der Waals surface area contributed by atoms with Gasteiger partial charge in [0.25, 0.3) is 0 Å². The van der Waals surface area contributed by atoms with Crippen molar-refractivity contribution in [3.63, 3.8) is 0 Å². The van der Waals surface area contributed by atoms with Gasteiger partial charge < -0.3 is 5.32 Å². The minimum atomic E-state index is 0.540. The Bertz CT molecular complexity index is 450. The van der Waals surface area contributed by atoms with Crippen LogP contribution in [-0.4, -0.2) is 12.6 Å². The number of nitrogens with one attached hydrogen (secondary N) is 1. The van der Waals surface area contributed by atoms with Crippen LogP contribution in [0.4, 0.5) is 0 Å². The maximum absolute atomic E-state index is 3.80. The van der Waals surface area contributed by atoms with E-state index in [0.29, 0.717) is 11.5 Å². The van der Waals surface area contributed by atoms with E-state index in [1.807, 2.05) is 0 Å². The SMILES string of the molecule is CCCNC(Cc1c(C)cc(C)cc1C)C1CC1(C)C. The van der Waals surface area contributed by atoms with Gasteiger partial charge >= 0.3 is 0 Å². The summed E-state index contributed by atoms with van der Waals surface area (Å²) in [5.74, 6) is 0.842. The smallest absolute Gasteiger partial charge is 0.0141 e. The van der Waals surface area contributed by atoms with Crippen LogP contribution in [0.25, 0.3) is 0 Å². The van der Waals surface area contributed by atoms with Crippen molar-refractivity contribution in [1.29, 1.82) is 0 Å². The first-order chi connectivity index (χ1) is 9.35. The van der Waals surface area contributed by atoms with Crippen molar-refractivity contribution >= 4 is 0 Å². The van der Waals surface area contributed by atoms with Crippen LogP contribution < -0.4 is 5.32 Å². The van der Waals surface area contributed by atoms with Gasteiger partial charge in [-0.05, 0) is 74.6 Å². The Kier molecular flexibility index (Phi) is 4.59. The molecule has 0 amide bonds. The maximum Gasteiger partial charge on any atom is 0.0141 e. The first kappa shape index (κ1) is 15.6. The van der Waals surface area contributed by atoms with Crippen LogP contribution >= 0.6 is 0 Å². The number of hydrogen-bond donors (Lipinski definition) is 1. The summed E-state index contributed by atoms with van der Waals surface area (Å²) in [5, 5.41) is 3.80. The van der Waals surface area contributed by atoms with Gasteiger partial charge in [-0.15, -0.1) is 0 Å². The Labute approximate surface area is 125 Å². The monoisotopic (exact) mass is 273 g/mol. The van der Waals surface area contributed by atoms with E-state index in [4.69, 9.17) is 0 Å². The van der Waals surface area contributed by atoms with Gasteiger partial charge in [-0.1, -0.05) is 38.5 Å². The molecule has 20 heavy (non-hydrogen) atoms. The van der Waals surface area contributed by atoms with Crippen LogP contribution in [0.3, 0.4) is 0 Å². The minimum Gasteiger partial charge on any atom is -0.313 e. The van der Waals surface area contributed by atoms with Gasteiger partial charge in [0.15, 0.2) is 0 Å². The summed E-state index contributed by atoms with van der Waals surface area (Å²) in [6.45, 7) is 14.9. The fourth-order valence-electron chi connectivity index (χ4n) is 3.63. The fraction of sp³-hybridized carbons (Fsp3) is 0.684. The Hall–Kier alpha value is -0.820. The maximum atomic E-state index is 3.80. The minimum absolute atomic E-state index is 0.540. The first-order valence-electron chi connectivity index (χ1n) is 8.15. The van der Waals surface area contributed by atoms with Crippen molar-refractivity contribution in [3.05, 3.63) is 34.4 Å². The molecule has 1 fully saturated rings. The fourth-order valence-corrected chi connectivity index (χ4v) is 3.63. The Morgan fingerprint density at radius 1 is 1.20 bits per heavy atom. The molecule has 1 aliphatic rings. The molecule has 0 saturated heterocycles. The van der Waals surface area contributed by atoms with E-state index in [1.54, 1.807) is 5.56 Å². The summed E-state index contributed by atoms with van der Waals surface area (Å²) in [6.07, 6.45) is 3.78. The second-order valence-corrected chi connectivity index (χ2v) is 7.44. The van der Waals surface area contributed by atoms with E-state index >= 15 is 0 Å². The van der Waals surface area contributed by atoms with Gasteiger partial charge in [0.05, 0.1) is 0 Å². The van der Waals surface area contributed by atoms with Crippen molar-refractivity contribution in [1.82, 2.24) is 5.32 Å². The highest BCUT2D eigenvalue weighted by Gasteiger charge is 2.49. The van der Waals surface area contributed by atoms with E-state index < -0.39 is 0 Å². The number of benzene rings is 1. The second kappa shape index (κ2) is 5.89. The molecule has 1 nitrogen and oxygen atoms in total. The van der Waals surface area contributed by atoms with Gasteiger partial charge in [0.2, 0.25) is 0 Å². The van der Waals surface area contributed by atoms with Crippen molar-refractivity contribution in [2.75, 3.05) is 6.54 Å². The molecular formula is C19H31N. The summed E-state index contributed by atoms with van der Waals surface area (Å²) in [6, 6.07) is 5.30. The van der Waals surface area contributed by atoms with Crippen LogP contribution in [0.2, 0.25) is 0 Å². The zero-order valence-electron chi connectivity index (χ0n) is 14.1. The van der Waals surface area contributed by atoms with Gasteiger partial charge in [-0.25, -0.2) is 0 Å². The van der Waals surface area contributed by atoms with E-state index in [2.05, 4.69) is 59.0 Å². The average Bonchev–Trinajstić information content (AvgIpc) is 2.96. The van der Waals surface area contributed by atoms with Gasteiger partial charge in [-0.3, -0.25) is 0 Å². The van der Waals surface area contributed by atoms with Crippen molar-refractivity contribution < 1.29 is 0 Å². The van der Waals surface area contributed by atoms with Crippen LogP contribution in [0.15, 0.2) is 12.1 Å². The third kappa shape index (κ3) is 3.44. The summed E-state index contributed by atoms with van der Waals surface area (Å²) in [4.78, 5) is 0. The molecule has 1 aromatic rings. The topological polar surface area (TPSA) is 12.0 Å². The molecule has 1 heteroatoms. The average molecular weight is 273 g/mol. The predicted octanol–water partition coefficient (Wildman–Crippen LogP) is 4.57. The Morgan fingerprint density at radius 3 is 2.20 bits per heavy atom. The highest BCUT2D eigenvalue weighted by atomic mass is 14.9. The van der Waals surface area contributed by atoms with Crippen LogP contribution in [0, 0.1) is 32.1 Å². The molecule has 1 aromatic carbocycles. The van der Waals surface area contributed by atoms with Crippen molar-refractivity contribution in [3.8, 4) is 0 Å². The molecule has 0 aromatic heterocycles. The summed E-state index contributed by atoms with van der Waals surface area (Å²) in [7, 11) is 0. The number of aryl methyl sites for hydroxylation is 3. The van der Waals surface area contributed by atoms with Gasteiger partial charge in [0.1, 0.15) is 0 Å². The van der Waals surface area contributed by atoms with Gasteiger partial charge in [-0.2, -0.15) is 0 Å². The molecule has 0 radical (unpaired) electrons. The molecule has 1 N–H and O–H groups in total.